The fraction of sp³-hybridized carbons (Fsp3) is 0.500. The molecule has 0 saturated carbocycles. The summed E-state index contributed by atoms with van der Waals surface area (Å²) in [6.45, 7) is 5.24. The van der Waals surface area contributed by atoms with E-state index >= 15 is 0 Å². The fourth-order valence-corrected chi connectivity index (χ4v) is 2.47. The van der Waals surface area contributed by atoms with Crippen molar-refractivity contribution in [2.45, 2.75) is 51.7 Å². The van der Waals surface area contributed by atoms with Crippen LogP contribution in [-0.2, 0) is 16.0 Å². The lowest BCUT2D eigenvalue weighted by Crippen LogP contribution is -2.43. The maximum atomic E-state index is 13.5. The Morgan fingerprint density at radius 1 is 1.45 bits per heavy atom. The van der Waals surface area contributed by atoms with Gasteiger partial charge >= 0.3 is 6.09 Å². The summed E-state index contributed by atoms with van der Waals surface area (Å²) >= 11 is 0. The molecule has 1 saturated heterocycles. The Balaban J connectivity index is 2.13. The summed E-state index contributed by atoms with van der Waals surface area (Å²) < 4.78 is 18.8. The van der Waals surface area contributed by atoms with Crippen molar-refractivity contribution in [2.24, 2.45) is 0 Å². The van der Waals surface area contributed by atoms with E-state index in [1.165, 1.54) is 12.1 Å². The van der Waals surface area contributed by atoms with Crippen LogP contribution in [0.1, 0.15) is 39.2 Å². The van der Waals surface area contributed by atoms with E-state index in [1.54, 1.807) is 26.8 Å². The minimum atomic E-state index is -0.669. The zero-order valence-corrected chi connectivity index (χ0v) is 13.1. The topological polar surface area (TPSA) is 72.6 Å². The van der Waals surface area contributed by atoms with Crippen molar-refractivity contribution in [3.05, 3.63) is 29.6 Å². The molecule has 1 fully saturated rings. The van der Waals surface area contributed by atoms with Crippen LogP contribution >= 0.6 is 0 Å². The molecular weight excluding hydrogens is 287 g/mol. The maximum Gasteiger partial charge on any atom is 0.417 e. The van der Waals surface area contributed by atoms with Gasteiger partial charge in [0, 0.05) is 12.5 Å². The van der Waals surface area contributed by atoms with E-state index in [2.05, 4.69) is 0 Å². The van der Waals surface area contributed by atoms with E-state index in [1.807, 2.05) is 0 Å². The number of likely N-dealkylation sites (tertiary alicyclic amines) is 1. The number of benzene rings is 1. The highest BCUT2D eigenvalue weighted by Crippen LogP contribution is 2.25. The fourth-order valence-electron chi connectivity index (χ4n) is 2.47. The molecule has 0 aromatic heterocycles. The molecule has 2 amide bonds. The lowest BCUT2D eigenvalue weighted by atomic mass is 10.0. The number of nitrogen functional groups attached to an aromatic ring is 1. The third-order valence-corrected chi connectivity index (χ3v) is 3.45. The van der Waals surface area contributed by atoms with Crippen LogP contribution in [0.25, 0.3) is 0 Å². The third-order valence-electron chi connectivity index (χ3n) is 3.45. The van der Waals surface area contributed by atoms with Crippen LogP contribution in [0.5, 0.6) is 0 Å². The number of hydrogen-bond acceptors (Lipinski definition) is 4. The van der Waals surface area contributed by atoms with Crippen LogP contribution < -0.4 is 5.73 Å². The van der Waals surface area contributed by atoms with Gasteiger partial charge in [-0.25, -0.2) is 14.1 Å². The molecule has 1 unspecified atom stereocenters. The van der Waals surface area contributed by atoms with Gasteiger partial charge in [0.05, 0.1) is 5.69 Å². The van der Waals surface area contributed by atoms with Gasteiger partial charge in [0.1, 0.15) is 11.4 Å². The molecule has 0 spiro atoms. The normalized spacial score (nSPS) is 18.6. The largest absolute Gasteiger partial charge is 0.443 e. The lowest BCUT2D eigenvalue weighted by Gasteiger charge is -2.27. The van der Waals surface area contributed by atoms with E-state index in [9.17, 15) is 14.0 Å². The van der Waals surface area contributed by atoms with Gasteiger partial charge in [-0.1, -0.05) is 6.07 Å². The Morgan fingerprint density at radius 2 is 2.14 bits per heavy atom. The first-order chi connectivity index (χ1) is 10.2. The summed E-state index contributed by atoms with van der Waals surface area (Å²) in [4.78, 5) is 25.3. The number of ether oxygens (including phenoxy) is 1. The molecule has 0 bridgehead atoms. The Labute approximate surface area is 129 Å². The lowest BCUT2D eigenvalue weighted by molar-refractivity contribution is -0.128. The second-order valence-corrected chi connectivity index (χ2v) is 6.50. The molecule has 120 valence electrons. The van der Waals surface area contributed by atoms with Gasteiger partial charge in [-0.3, -0.25) is 4.79 Å². The third kappa shape index (κ3) is 3.75. The molecule has 1 aliphatic rings. The SMILES string of the molecule is CC(C)(C)OC(=O)N1C(=O)CCC1Cc1ccc(N)c(F)c1. The number of carbonyl (C=O) groups excluding carboxylic acids is 2. The van der Waals surface area contributed by atoms with Crippen molar-refractivity contribution < 1.29 is 18.7 Å². The van der Waals surface area contributed by atoms with Crippen molar-refractivity contribution in [1.29, 1.82) is 0 Å². The van der Waals surface area contributed by atoms with Gasteiger partial charge in [-0.2, -0.15) is 0 Å². The van der Waals surface area contributed by atoms with Crippen LogP contribution in [0.4, 0.5) is 14.9 Å². The van der Waals surface area contributed by atoms with Gasteiger partial charge in [0.2, 0.25) is 5.91 Å². The van der Waals surface area contributed by atoms with Crippen molar-refractivity contribution in [1.82, 2.24) is 4.90 Å². The zero-order chi connectivity index (χ0) is 16.5. The average Bonchev–Trinajstić information content (AvgIpc) is 2.73. The molecular formula is C16H21FN2O3. The number of halogens is 1. The van der Waals surface area contributed by atoms with Crippen LogP contribution in [0.3, 0.4) is 0 Å². The quantitative estimate of drug-likeness (QED) is 0.853. The average molecular weight is 308 g/mol. The second-order valence-electron chi connectivity index (χ2n) is 6.50. The number of rotatable bonds is 2. The summed E-state index contributed by atoms with van der Waals surface area (Å²) in [6.07, 6.45) is 0.587. The number of carbonyl (C=O) groups is 2. The Morgan fingerprint density at radius 3 is 2.73 bits per heavy atom. The molecule has 6 heteroatoms. The molecule has 2 rings (SSSR count). The number of anilines is 1. The molecule has 1 aromatic rings. The molecule has 0 aliphatic carbocycles. The van der Waals surface area contributed by atoms with Crippen LogP contribution in [-0.4, -0.2) is 28.5 Å². The molecule has 0 radical (unpaired) electrons. The van der Waals surface area contributed by atoms with E-state index in [0.717, 1.165) is 4.90 Å². The van der Waals surface area contributed by atoms with Crippen molar-refractivity contribution in [2.75, 3.05) is 5.73 Å². The van der Waals surface area contributed by atoms with Gasteiger partial charge in [-0.15, -0.1) is 0 Å². The molecule has 1 aliphatic heterocycles. The number of nitrogens with zero attached hydrogens (tertiary/aromatic N) is 1. The smallest absolute Gasteiger partial charge is 0.417 e. The summed E-state index contributed by atoms with van der Waals surface area (Å²) in [5.41, 5.74) is 5.55. The second kappa shape index (κ2) is 5.94. The molecule has 2 N–H and O–H groups in total. The molecule has 22 heavy (non-hydrogen) atoms. The van der Waals surface area contributed by atoms with Gasteiger partial charge in [-0.05, 0) is 51.3 Å². The number of nitrogens with two attached hydrogens (primary N) is 1. The molecule has 1 aromatic carbocycles. The van der Waals surface area contributed by atoms with Gasteiger partial charge in [0.15, 0.2) is 0 Å². The van der Waals surface area contributed by atoms with Crippen molar-refractivity contribution >= 4 is 17.7 Å². The Kier molecular flexibility index (Phi) is 4.39. The highest BCUT2D eigenvalue weighted by atomic mass is 19.1. The summed E-state index contributed by atoms with van der Waals surface area (Å²) in [6, 6.07) is 4.21. The molecule has 5 nitrogen and oxygen atoms in total. The van der Waals surface area contributed by atoms with Crippen molar-refractivity contribution in [3.8, 4) is 0 Å². The minimum Gasteiger partial charge on any atom is -0.443 e. The van der Waals surface area contributed by atoms with Crippen molar-refractivity contribution in [3.63, 3.8) is 0 Å². The summed E-state index contributed by atoms with van der Waals surface area (Å²) in [5.74, 6) is -0.749. The first kappa shape index (κ1) is 16.3. The first-order valence-corrected chi connectivity index (χ1v) is 7.26. The highest BCUT2D eigenvalue weighted by molar-refractivity contribution is 5.94. The van der Waals surface area contributed by atoms with Crippen LogP contribution in [0, 0.1) is 5.82 Å². The number of imide groups is 1. The predicted molar refractivity (Wildman–Crippen MR) is 80.6 cm³/mol. The maximum absolute atomic E-state index is 13.5. The zero-order valence-electron chi connectivity index (χ0n) is 13.1. The minimum absolute atomic E-state index is 0.0789. The molecule has 1 atom stereocenters. The summed E-state index contributed by atoms with van der Waals surface area (Å²) in [5, 5.41) is 0. The predicted octanol–water partition coefficient (Wildman–Crippen LogP) is 2.88. The monoisotopic (exact) mass is 308 g/mol. The first-order valence-electron chi connectivity index (χ1n) is 7.26. The van der Waals surface area contributed by atoms with E-state index < -0.39 is 17.5 Å². The van der Waals surface area contributed by atoms with Gasteiger partial charge < -0.3 is 10.5 Å². The Bertz CT molecular complexity index is 596. The van der Waals surface area contributed by atoms with Crippen LogP contribution in [0.2, 0.25) is 0 Å². The summed E-state index contributed by atoms with van der Waals surface area (Å²) in [7, 11) is 0. The number of amides is 2. The molecule has 1 heterocycles. The van der Waals surface area contributed by atoms with Gasteiger partial charge in [0.25, 0.3) is 0 Å². The number of hydrogen-bond donors (Lipinski definition) is 1. The standard InChI is InChI=1S/C16H21FN2O3/c1-16(2,3)22-15(21)19-11(5-7-14(19)20)8-10-4-6-13(18)12(17)9-10/h4,6,9,11H,5,7-8,18H2,1-3H3. The Hall–Kier alpha value is -2.11. The highest BCUT2D eigenvalue weighted by Gasteiger charge is 2.38. The van der Waals surface area contributed by atoms with Crippen LogP contribution in [0.15, 0.2) is 18.2 Å². The van der Waals surface area contributed by atoms with E-state index in [4.69, 9.17) is 10.5 Å². The van der Waals surface area contributed by atoms with E-state index in [-0.39, 0.29) is 17.6 Å². The van der Waals surface area contributed by atoms with E-state index in [0.29, 0.717) is 24.8 Å².